The topological polar surface area (TPSA) is 79.4 Å². The van der Waals surface area contributed by atoms with Gasteiger partial charge in [0.05, 0.1) is 29.3 Å². The first-order valence-electron chi connectivity index (χ1n) is 12.0. The van der Waals surface area contributed by atoms with E-state index in [1.165, 1.54) is 0 Å². The van der Waals surface area contributed by atoms with Crippen LogP contribution in [0.1, 0.15) is 46.0 Å². The van der Waals surface area contributed by atoms with Gasteiger partial charge in [-0.05, 0) is 30.7 Å². The van der Waals surface area contributed by atoms with Crippen molar-refractivity contribution >= 4 is 35.3 Å². The third kappa shape index (κ3) is 4.31. The van der Waals surface area contributed by atoms with Crippen molar-refractivity contribution < 1.29 is 23.9 Å². The Morgan fingerprint density at radius 1 is 1.06 bits per heavy atom. The summed E-state index contributed by atoms with van der Waals surface area (Å²) in [7, 11) is 0. The first kappa shape index (κ1) is 23.5. The number of likely N-dealkylation sites (tertiary alicyclic amines) is 1. The van der Waals surface area contributed by atoms with Crippen molar-refractivity contribution in [1.82, 2.24) is 9.80 Å². The lowest BCUT2D eigenvalue weighted by molar-refractivity contribution is -0.00306. The Labute approximate surface area is 209 Å². The summed E-state index contributed by atoms with van der Waals surface area (Å²) < 4.78 is 11.0. The molecule has 0 saturated carbocycles. The highest BCUT2D eigenvalue weighted by atomic mass is 35.5. The van der Waals surface area contributed by atoms with E-state index >= 15 is 0 Å². The predicted molar refractivity (Wildman–Crippen MR) is 131 cm³/mol. The third-order valence-corrected chi connectivity index (χ3v) is 7.27. The van der Waals surface area contributed by atoms with Crippen molar-refractivity contribution in [2.45, 2.75) is 25.4 Å². The van der Waals surface area contributed by atoms with Crippen LogP contribution < -0.4 is 4.90 Å². The molecule has 2 aromatic rings. The van der Waals surface area contributed by atoms with Crippen molar-refractivity contribution in [3.63, 3.8) is 0 Å². The highest BCUT2D eigenvalue weighted by Gasteiger charge is 2.51. The van der Waals surface area contributed by atoms with Crippen LogP contribution in [0, 0.1) is 0 Å². The van der Waals surface area contributed by atoms with Crippen molar-refractivity contribution in [2.24, 2.45) is 0 Å². The van der Waals surface area contributed by atoms with E-state index in [1.54, 1.807) is 28.0 Å². The van der Waals surface area contributed by atoms with Crippen LogP contribution in [0.2, 0.25) is 5.02 Å². The summed E-state index contributed by atoms with van der Waals surface area (Å²) in [6, 6.07) is 12.8. The predicted octanol–water partition coefficient (Wildman–Crippen LogP) is 3.92. The molecule has 0 unspecified atom stereocenters. The van der Waals surface area contributed by atoms with E-state index in [1.807, 2.05) is 31.2 Å². The van der Waals surface area contributed by atoms with Gasteiger partial charge in [-0.25, -0.2) is 9.59 Å². The van der Waals surface area contributed by atoms with Crippen molar-refractivity contribution in [2.75, 3.05) is 50.8 Å². The number of fused-ring (bicyclic) bond motifs is 2. The van der Waals surface area contributed by atoms with E-state index < -0.39 is 5.60 Å². The van der Waals surface area contributed by atoms with E-state index in [4.69, 9.17) is 21.1 Å². The minimum Gasteiger partial charge on any atom is -0.449 e. The van der Waals surface area contributed by atoms with Crippen LogP contribution in [-0.4, -0.2) is 73.6 Å². The zero-order valence-corrected chi connectivity index (χ0v) is 20.4. The van der Waals surface area contributed by atoms with Crippen LogP contribution >= 0.6 is 11.6 Å². The lowest BCUT2D eigenvalue weighted by Crippen LogP contribution is -2.49. The Morgan fingerprint density at radius 2 is 1.83 bits per heavy atom. The maximum Gasteiger partial charge on any atom is 0.409 e. The molecule has 3 aliphatic rings. The zero-order valence-electron chi connectivity index (χ0n) is 19.7. The maximum atomic E-state index is 13.3. The number of halogens is 1. The average molecular weight is 498 g/mol. The molecule has 9 heteroatoms. The second-order valence-corrected chi connectivity index (χ2v) is 9.57. The molecule has 0 N–H and O–H groups in total. The van der Waals surface area contributed by atoms with Crippen LogP contribution in [0.4, 0.5) is 10.5 Å². The highest BCUT2D eigenvalue weighted by Crippen LogP contribution is 2.43. The van der Waals surface area contributed by atoms with Crippen LogP contribution in [0.15, 0.2) is 42.5 Å². The monoisotopic (exact) mass is 497 g/mol. The molecule has 1 atom stereocenters. The Bertz CT molecular complexity index is 1160. The van der Waals surface area contributed by atoms with E-state index in [9.17, 15) is 14.4 Å². The van der Waals surface area contributed by atoms with Gasteiger partial charge >= 0.3 is 12.1 Å². The van der Waals surface area contributed by atoms with Gasteiger partial charge in [0.15, 0.2) is 5.60 Å². The van der Waals surface area contributed by atoms with E-state index in [2.05, 4.69) is 4.90 Å². The number of carbonyl (C=O) groups is 3. The van der Waals surface area contributed by atoms with Gasteiger partial charge in [-0.1, -0.05) is 36.7 Å². The Morgan fingerprint density at radius 3 is 2.57 bits per heavy atom. The SMILES string of the molecule is CCCOC(=O)N1CCN(c2ccc(C(=O)N3CC[C@@]4(C3)OC(=O)c3ccccc34)c(Cl)c2)CC1. The number of piperazine rings is 1. The Hall–Kier alpha value is -3.26. The maximum absolute atomic E-state index is 13.3. The largest absolute Gasteiger partial charge is 0.449 e. The second-order valence-electron chi connectivity index (χ2n) is 9.16. The molecule has 3 aliphatic heterocycles. The summed E-state index contributed by atoms with van der Waals surface area (Å²) >= 11 is 6.57. The molecular formula is C26H28ClN3O5. The number of hydrogen-bond donors (Lipinski definition) is 0. The van der Waals surface area contributed by atoms with Crippen LogP contribution in [0.3, 0.4) is 0 Å². The van der Waals surface area contributed by atoms with Gasteiger partial charge in [0, 0.05) is 50.4 Å². The fourth-order valence-electron chi connectivity index (χ4n) is 5.08. The number of anilines is 1. The summed E-state index contributed by atoms with van der Waals surface area (Å²) in [6.07, 6.45) is 1.08. The molecule has 0 radical (unpaired) electrons. The van der Waals surface area contributed by atoms with Gasteiger partial charge in [0.2, 0.25) is 0 Å². The summed E-state index contributed by atoms with van der Waals surface area (Å²) in [6.45, 7) is 5.63. The normalized spacial score (nSPS) is 21.3. The molecule has 2 aromatic carbocycles. The van der Waals surface area contributed by atoms with E-state index in [0.717, 1.165) is 17.7 Å². The van der Waals surface area contributed by atoms with Crippen molar-refractivity contribution in [1.29, 1.82) is 0 Å². The number of benzene rings is 2. The van der Waals surface area contributed by atoms with Gasteiger partial charge in [-0.3, -0.25) is 4.79 Å². The molecule has 35 heavy (non-hydrogen) atoms. The molecule has 3 heterocycles. The average Bonchev–Trinajstić information content (AvgIpc) is 3.43. The first-order valence-corrected chi connectivity index (χ1v) is 12.4. The molecule has 0 bridgehead atoms. The Kier molecular flexibility index (Phi) is 6.32. The summed E-state index contributed by atoms with van der Waals surface area (Å²) in [5.41, 5.74) is 1.96. The molecule has 0 aliphatic carbocycles. The quantitative estimate of drug-likeness (QED) is 0.596. The lowest BCUT2D eigenvalue weighted by Gasteiger charge is -2.35. The van der Waals surface area contributed by atoms with Crippen LogP contribution in [-0.2, 0) is 15.1 Å². The van der Waals surface area contributed by atoms with Gasteiger partial charge < -0.3 is 24.2 Å². The molecular weight excluding hydrogens is 470 g/mol. The molecule has 0 aromatic heterocycles. The second kappa shape index (κ2) is 9.41. The van der Waals surface area contributed by atoms with Gasteiger partial charge in [-0.15, -0.1) is 0 Å². The van der Waals surface area contributed by atoms with Crippen LogP contribution in [0.25, 0.3) is 0 Å². The molecule has 2 saturated heterocycles. The van der Waals surface area contributed by atoms with E-state index in [-0.39, 0.29) is 18.0 Å². The van der Waals surface area contributed by atoms with Gasteiger partial charge in [0.1, 0.15) is 0 Å². The minimum atomic E-state index is -0.784. The van der Waals surface area contributed by atoms with Gasteiger partial charge in [0.25, 0.3) is 5.91 Å². The smallest absolute Gasteiger partial charge is 0.409 e. The number of nitrogens with zero attached hydrogens (tertiary/aromatic N) is 3. The molecule has 184 valence electrons. The zero-order chi connectivity index (χ0) is 24.6. The van der Waals surface area contributed by atoms with Gasteiger partial charge in [-0.2, -0.15) is 0 Å². The Balaban J connectivity index is 1.24. The molecule has 2 amide bonds. The fraction of sp³-hybridized carbons (Fsp3) is 0.423. The number of rotatable bonds is 4. The highest BCUT2D eigenvalue weighted by molar-refractivity contribution is 6.34. The molecule has 5 rings (SSSR count). The fourth-order valence-corrected chi connectivity index (χ4v) is 5.33. The molecule has 8 nitrogen and oxygen atoms in total. The number of esters is 1. The molecule has 1 spiro atoms. The minimum absolute atomic E-state index is 0.178. The number of hydrogen-bond acceptors (Lipinski definition) is 6. The van der Waals surface area contributed by atoms with Crippen LogP contribution in [0.5, 0.6) is 0 Å². The first-order chi connectivity index (χ1) is 16.9. The summed E-state index contributed by atoms with van der Waals surface area (Å²) in [5.74, 6) is -0.515. The number of amides is 2. The van der Waals surface area contributed by atoms with Crippen molar-refractivity contribution in [3.8, 4) is 0 Å². The van der Waals surface area contributed by atoms with Crippen molar-refractivity contribution in [3.05, 3.63) is 64.2 Å². The number of carbonyl (C=O) groups excluding carboxylic acids is 3. The lowest BCUT2D eigenvalue weighted by atomic mass is 9.91. The third-order valence-electron chi connectivity index (χ3n) is 6.96. The summed E-state index contributed by atoms with van der Waals surface area (Å²) in [5, 5.41) is 0.377. The molecule has 2 fully saturated rings. The summed E-state index contributed by atoms with van der Waals surface area (Å²) in [4.78, 5) is 43.3. The number of ether oxygens (including phenoxy) is 2. The van der Waals surface area contributed by atoms with E-state index in [0.29, 0.717) is 68.4 Å². The standard InChI is InChI=1S/C26H28ClN3O5/c1-2-15-34-25(33)29-13-11-28(12-14-29)18-7-8-20(22(27)16-18)23(31)30-10-9-26(17-30)21-6-4-3-5-19(21)24(32)35-26/h3-8,16H,2,9-15,17H2,1H3/t26-/m0/s1.